The number of phenols is 1. The molecule has 9 nitrogen and oxygen atoms in total. The maximum Gasteiger partial charge on any atom is 0.324 e. The Morgan fingerprint density at radius 2 is 1.76 bits per heavy atom. The normalized spacial score (nSPS) is 14.5. The number of ether oxygens (including phenoxy) is 4. The first-order chi connectivity index (χ1) is 22.2. The van der Waals surface area contributed by atoms with Crippen molar-refractivity contribution in [3.05, 3.63) is 71.0 Å². The number of rotatable bonds is 16. The van der Waals surface area contributed by atoms with Gasteiger partial charge >= 0.3 is 5.97 Å². The van der Waals surface area contributed by atoms with E-state index >= 15 is 0 Å². The van der Waals surface area contributed by atoms with Gasteiger partial charge in [0.15, 0.2) is 6.10 Å². The molecule has 1 aliphatic heterocycles. The molecule has 1 amide bonds. The van der Waals surface area contributed by atoms with E-state index in [1.54, 1.807) is 18.2 Å². The van der Waals surface area contributed by atoms with Crippen LogP contribution in [0.15, 0.2) is 48.5 Å². The lowest BCUT2D eigenvalue weighted by molar-refractivity contribution is -0.145. The molecule has 2 atom stereocenters. The van der Waals surface area contributed by atoms with Crippen LogP contribution in [0.1, 0.15) is 63.1 Å². The first-order valence-electron chi connectivity index (χ1n) is 16.1. The van der Waals surface area contributed by atoms with Crippen LogP contribution in [0.2, 0.25) is 0 Å². The Hall–Kier alpha value is -4.31. The van der Waals surface area contributed by atoms with Crippen LogP contribution >= 0.6 is 0 Å². The van der Waals surface area contributed by atoms with Gasteiger partial charge in [-0.05, 0) is 73.1 Å². The minimum absolute atomic E-state index is 0.0289. The van der Waals surface area contributed by atoms with Crippen molar-refractivity contribution in [3.8, 4) is 34.1 Å². The van der Waals surface area contributed by atoms with Gasteiger partial charge in [-0.25, -0.2) is 4.39 Å². The van der Waals surface area contributed by atoms with Crippen molar-refractivity contribution in [2.75, 3.05) is 26.4 Å². The van der Waals surface area contributed by atoms with Crippen molar-refractivity contribution in [2.24, 2.45) is 5.73 Å². The summed E-state index contributed by atoms with van der Waals surface area (Å²) in [5.41, 5.74) is 10.1. The Morgan fingerprint density at radius 1 is 1.02 bits per heavy atom. The van der Waals surface area contributed by atoms with E-state index in [0.717, 1.165) is 35.1 Å². The molecule has 0 bridgehead atoms. The maximum absolute atomic E-state index is 13.4. The molecule has 2 unspecified atom stereocenters. The summed E-state index contributed by atoms with van der Waals surface area (Å²) >= 11 is 0. The van der Waals surface area contributed by atoms with Crippen molar-refractivity contribution in [1.82, 2.24) is 5.32 Å². The van der Waals surface area contributed by atoms with Crippen molar-refractivity contribution in [2.45, 2.75) is 77.9 Å². The summed E-state index contributed by atoms with van der Waals surface area (Å²) < 4.78 is 36.9. The number of aryl methyl sites for hydroxylation is 2. The van der Waals surface area contributed by atoms with Crippen LogP contribution in [0.25, 0.3) is 11.1 Å². The second-order valence-electron chi connectivity index (χ2n) is 11.3. The molecule has 46 heavy (non-hydrogen) atoms. The van der Waals surface area contributed by atoms with Gasteiger partial charge < -0.3 is 35.1 Å². The largest absolute Gasteiger partial charge is 0.507 e. The van der Waals surface area contributed by atoms with E-state index < -0.39 is 18.1 Å². The molecule has 1 heterocycles. The number of carbonyl (C=O) groups excluding carboxylic acids is 2. The van der Waals surface area contributed by atoms with Gasteiger partial charge in [-0.1, -0.05) is 45.4 Å². The van der Waals surface area contributed by atoms with Crippen LogP contribution in [0.3, 0.4) is 0 Å². The van der Waals surface area contributed by atoms with E-state index in [1.165, 1.54) is 12.1 Å². The molecule has 248 valence electrons. The predicted octanol–water partition coefficient (Wildman–Crippen LogP) is 5.65. The number of carbonyl (C=O) groups is 2. The number of amides is 1. The van der Waals surface area contributed by atoms with Crippen molar-refractivity contribution < 1.29 is 38.0 Å². The second-order valence-corrected chi connectivity index (χ2v) is 11.3. The van der Waals surface area contributed by atoms with Crippen LogP contribution in [0, 0.1) is 5.82 Å². The summed E-state index contributed by atoms with van der Waals surface area (Å²) in [6.45, 7) is 7.02. The number of hydrogen-bond acceptors (Lipinski definition) is 8. The average Bonchev–Trinajstić information content (AvgIpc) is 3.06. The monoisotopic (exact) mass is 636 g/mol. The van der Waals surface area contributed by atoms with Crippen LogP contribution in [0.5, 0.6) is 23.0 Å². The van der Waals surface area contributed by atoms with E-state index in [2.05, 4.69) is 12.2 Å². The molecule has 0 saturated carbocycles. The second kappa shape index (κ2) is 16.8. The molecule has 3 aromatic carbocycles. The van der Waals surface area contributed by atoms with E-state index in [-0.39, 0.29) is 24.0 Å². The molecule has 4 N–H and O–H groups in total. The number of hydrogen-bond donors (Lipinski definition) is 3. The quantitative estimate of drug-likeness (QED) is 0.136. The van der Waals surface area contributed by atoms with E-state index in [9.17, 15) is 19.1 Å². The van der Waals surface area contributed by atoms with Gasteiger partial charge in [-0.15, -0.1) is 0 Å². The SMILES string of the molecule is CCCOC(=O)C(N)CNC(=O)C1CCc2ccc(OCCCOc3cc(O)c(-c4ccc(F)cc4)cc3CC)c(CCC)c2O1. The van der Waals surface area contributed by atoms with Gasteiger partial charge in [0.05, 0.1) is 19.8 Å². The highest BCUT2D eigenvalue weighted by atomic mass is 19.1. The third kappa shape index (κ3) is 8.90. The summed E-state index contributed by atoms with van der Waals surface area (Å²) in [4.78, 5) is 24.9. The molecule has 3 aromatic rings. The summed E-state index contributed by atoms with van der Waals surface area (Å²) in [6.07, 6.45) is 4.06. The maximum atomic E-state index is 13.4. The summed E-state index contributed by atoms with van der Waals surface area (Å²) in [6, 6.07) is 12.5. The Bertz CT molecular complexity index is 1480. The zero-order valence-corrected chi connectivity index (χ0v) is 26.9. The van der Waals surface area contributed by atoms with E-state index in [1.807, 2.05) is 32.0 Å². The molecule has 1 aliphatic rings. The minimum Gasteiger partial charge on any atom is -0.507 e. The number of halogens is 1. The molecule has 0 spiro atoms. The predicted molar refractivity (Wildman–Crippen MR) is 174 cm³/mol. The van der Waals surface area contributed by atoms with Gasteiger partial charge in [0.25, 0.3) is 5.91 Å². The highest BCUT2D eigenvalue weighted by molar-refractivity contribution is 5.83. The van der Waals surface area contributed by atoms with Crippen molar-refractivity contribution in [1.29, 1.82) is 0 Å². The molecule has 0 aromatic heterocycles. The molecule has 0 saturated heterocycles. The van der Waals surface area contributed by atoms with Crippen molar-refractivity contribution in [3.63, 3.8) is 0 Å². The molecule has 0 radical (unpaired) electrons. The fourth-order valence-corrected chi connectivity index (χ4v) is 5.32. The average molecular weight is 637 g/mol. The fraction of sp³-hybridized carbons (Fsp3) is 0.444. The lowest BCUT2D eigenvalue weighted by Gasteiger charge is -2.28. The smallest absolute Gasteiger partial charge is 0.324 e. The Labute approximate surface area is 270 Å². The Morgan fingerprint density at radius 3 is 2.46 bits per heavy atom. The standard InChI is InChI=1S/C36H45FN2O7/c1-4-8-27-31(15-11-25-12-16-32(46-34(25)27)35(41)39-22-29(38)36(42)45-17-5-2)43-18-7-19-44-33-21-30(40)28(20-23(33)6-3)24-9-13-26(37)14-10-24/h9-11,13-15,20-21,29,32,40H,4-8,12,16-19,22,38H2,1-3H3,(H,39,41). The highest BCUT2D eigenvalue weighted by Crippen LogP contribution is 2.39. The van der Waals surface area contributed by atoms with Crippen LogP contribution in [-0.2, 0) is 33.6 Å². The van der Waals surface area contributed by atoms with Crippen LogP contribution in [0.4, 0.5) is 4.39 Å². The van der Waals surface area contributed by atoms with Gasteiger partial charge in [0.1, 0.15) is 34.9 Å². The van der Waals surface area contributed by atoms with Gasteiger partial charge in [0.2, 0.25) is 0 Å². The lowest BCUT2D eigenvalue weighted by Crippen LogP contribution is -2.48. The number of fused-ring (bicyclic) bond motifs is 1. The molecule has 4 rings (SSSR count). The van der Waals surface area contributed by atoms with E-state index in [4.69, 9.17) is 24.7 Å². The van der Waals surface area contributed by atoms with Crippen LogP contribution in [-0.4, -0.2) is 55.5 Å². The van der Waals surface area contributed by atoms with Gasteiger partial charge in [-0.2, -0.15) is 0 Å². The highest BCUT2D eigenvalue weighted by Gasteiger charge is 2.30. The number of nitrogens with one attached hydrogen (secondary N) is 1. The van der Waals surface area contributed by atoms with Gasteiger partial charge in [0, 0.05) is 30.2 Å². The number of esters is 1. The number of aromatic hydroxyl groups is 1. The molecule has 10 heteroatoms. The Balaban J connectivity index is 1.33. The molecular weight excluding hydrogens is 591 g/mol. The fourth-order valence-electron chi connectivity index (χ4n) is 5.32. The zero-order valence-electron chi connectivity index (χ0n) is 26.9. The minimum atomic E-state index is -0.939. The first-order valence-corrected chi connectivity index (χ1v) is 16.1. The third-order valence-corrected chi connectivity index (χ3v) is 7.79. The van der Waals surface area contributed by atoms with Crippen LogP contribution < -0.4 is 25.3 Å². The summed E-state index contributed by atoms with van der Waals surface area (Å²) in [7, 11) is 0. The molecule has 0 fully saturated rings. The number of phenolic OH excluding ortho intramolecular Hbond substituents is 1. The number of benzene rings is 3. The lowest BCUT2D eigenvalue weighted by atomic mass is 9.96. The van der Waals surface area contributed by atoms with E-state index in [0.29, 0.717) is 74.7 Å². The molecular formula is C36H45FN2O7. The topological polar surface area (TPSA) is 129 Å². The Kier molecular flexibility index (Phi) is 12.7. The summed E-state index contributed by atoms with van der Waals surface area (Å²) in [5.74, 6) is 0.857. The summed E-state index contributed by atoms with van der Waals surface area (Å²) in [5, 5.41) is 13.4. The number of nitrogens with two attached hydrogens (primary N) is 1. The van der Waals surface area contributed by atoms with Gasteiger partial charge in [-0.3, -0.25) is 9.59 Å². The first kappa shape index (κ1) is 34.6. The third-order valence-electron chi connectivity index (χ3n) is 7.79. The van der Waals surface area contributed by atoms with Crippen molar-refractivity contribution >= 4 is 11.9 Å². The molecule has 0 aliphatic carbocycles. The zero-order chi connectivity index (χ0) is 33.1.